The van der Waals surface area contributed by atoms with Crippen LogP contribution in [-0.4, -0.2) is 11.4 Å². The van der Waals surface area contributed by atoms with Crippen LogP contribution in [0.15, 0.2) is 41.7 Å². The van der Waals surface area contributed by atoms with Gasteiger partial charge in [0.1, 0.15) is 11.4 Å². The van der Waals surface area contributed by atoms with Crippen LogP contribution in [0.4, 0.5) is 5.69 Å². The highest BCUT2D eigenvalue weighted by Crippen LogP contribution is 2.19. The van der Waals surface area contributed by atoms with Crippen molar-refractivity contribution in [3.8, 4) is 0 Å². The van der Waals surface area contributed by atoms with Crippen molar-refractivity contribution in [2.75, 3.05) is 5.12 Å². The third kappa shape index (κ3) is 1.27. The zero-order chi connectivity index (χ0) is 10.1. The molecule has 1 aliphatic rings. The summed E-state index contributed by atoms with van der Waals surface area (Å²) in [4.78, 5) is 0. The molecule has 0 radical (unpaired) electrons. The summed E-state index contributed by atoms with van der Waals surface area (Å²) in [6, 6.07) is 10.1. The highest BCUT2D eigenvalue weighted by Gasteiger charge is 2.28. The maximum absolute atomic E-state index is 3.97. The molecule has 0 aromatic heterocycles. The highest BCUT2D eigenvalue weighted by atomic mass is 15.8. The molecule has 0 bridgehead atoms. The molecule has 72 valence electrons. The molecule has 0 amide bonds. The Bertz CT molecular complexity index is 392. The Hall–Kier alpha value is -1.77. The van der Waals surface area contributed by atoms with Crippen LogP contribution < -0.4 is 10.5 Å². The molecule has 1 aromatic rings. The number of hydrogen-bond donors (Lipinski definition) is 1. The van der Waals surface area contributed by atoms with Crippen molar-refractivity contribution in [2.45, 2.75) is 13.8 Å². The second-order valence-corrected chi connectivity index (χ2v) is 3.37. The summed E-state index contributed by atoms with van der Waals surface area (Å²) in [6.45, 7) is 8.04. The molecule has 0 unspecified atom stereocenters. The average Bonchev–Trinajstić information content (AvgIpc) is 2.47. The van der Waals surface area contributed by atoms with Gasteiger partial charge in [-0.1, -0.05) is 28.0 Å². The summed E-state index contributed by atoms with van der Waals surface area (Å²) >= 11 is 0. The van der Waals surface area contributed by atoms with Gasteiger partial charge >= 0.3 is 0 Å². The van der Waals surface area contributed by atoms with Gasteiger partial charge in [-0.05, 0) is 19.1 Å². The fourth-order valence-corrected chi connectivity index (χ4v) is 1.42. The predicted molar refractivity (Wildman–Crippen MR) is 57.8 cm³/mol. The van der Waals surface area contributed by atoms with E-state index in [0.717, 1.165) is 17.1 Å². The second-order valence-electron chi connectivity index (χ2n) is 3.37. The molecule has 0 spiro atoms. The summed E-state index contributed by atoms with van der Waals surface area (Å²) < 4.78 is 1.85. The van der Waals surface area contributed by atoms with Gasteiger partial charge < -0.3 is 0 Å². The van der Waals surface area contributed by atoms with Gasteiger partial charge in [0.2, 0.25) is 5.70 Å². The molecule has 1 aromatic carbocycles. The Morgan fingerprint density at radius 3 is 2.36 bits per heavy atom. The van der Waals surface area contributed by atoms with Crippen molar-refractivity contribution < 1.29 is 4.68 Å². The Kier molecular flexibility index (Phi) is 2.00. The van der Waals surface area contributed by atoms with Crippen LogP contribution >= 0.6 is 0 Å². The van der Waals surface area contributed by atoms with Gasteiger partial charge in [0.15, 0.2) is 6.72 Å². The van der Waals surface area contributed by atoms with E-state index < -0.39 is 0 Å². The average molecular weight is 188 g/mol. The van der Waals surface area contributed by atoms with E-state index in [1.807, 2.05) is 54.0 Å². The number of hydrogen-bond acceptors (Lipinski definition) is 2. The van der Waals surface area contributed by atoms with E-state index in [1.165, 1.54) is 0 Å². The van der Waals surface area contributed by atoms with Gasteiger partial charge in [0.25, 0.3) is 0 Å². The van der Waals surface area contributed by atoms with Crippen LogP contribution in [-0.2, 0) is 0 Å². The van der Waals surface area contributed by atoms with Crippen molar-refractivity contribution in [1.82, 2.24) is 5.43 Å². The first-order chi connectivity index (χ1) is 6.70. The first-order valence-corrected chi connectivity index (χ1v) is 4.60. The Balaban J connectivity index is 2.30. The molecule has 1 N–H and O–H groups in total. The molecular formula is C11H14N3+. The SMILES string of the molecule is C=[N+]1C(C)=C(C)NN1c1ccccc1. The number of benzene rings is 1. The number of allylic oxidation sites excluding steroid dienone is 2. The van der Waals surface area contributed by atoms with Crippen molar-refractivity contribution in [1.29, 1.82) is 0 Å². The van der Waals surface area contributed by atoms with Crippen LogP contribution in [0.3, 0.4) is 0 Å². The zero-order valence-corrected chi connectivity index (χ0v) is 8.49. The number of hydrazone groups is 1. The molecule has 3 heteroatoms. The number of para-hydroxylation sites is 1. The van der Waals surface area contributed by atoms with Crippen molar-refractivity contribution >= 4 is 12.4 Å². The third-order valence-electron chi connectivity index (χ3n) is 2.45. The minimum atomic E-state index is 1.08. The number of nitrogens with one attached hydrogen (secondary N) is 1. The normalized spacial score (nSPS) is 16.1. The van der Waals surface area contributed by atoms with Gasteiger partial charge in [-0.25, -0.2) is 5.43 Å². The van der Waals surface area contributed by atoms with Crippen LogP contribution in [0.25, 0.3) is 0 Å². The summed E-state index contributed by atoms with van der Waals surface area (Å²) in [5.41, 5.74) is 6.59. The quantitative estimate of drug-likeness (QED) is 0.678. The van der Waals surface area contributed by atoms with E-state index >= 15 is 0 Å². The standard InChI is InChI=1S/C11H14N3/c1-9-10(2)13(3)14(12-9)11-7-5-4-6-8-11/h4-8,12H,3H2,1-2H3/q+1. The lowest BCUT2D eigenvalue weighted by Gasteiger charge is -2.12. The third-order valence-corrected chi connectivity index (χ3v) is 2.45. The van der Waals surface area contributed by atoms with E-state index in [1.54, 1.807) is 0 Å². The fraction of sp³-hybridized carbons (Fsp3) is 0.182. The predicted octanol–water partition coefficient (Wildman–Crippen LogP) is 1.89. The van der Waals surface area contributed by atoms with Gasteiger partial charge in [-0.3, -0.25) is 0 Å². The number of nitrogens with zero attached hydrogens (tertiary/aromatic N) is 2. The summed E-state index contributed by atoms with van der Waals surface area (Å²) in [6.07, 6.45) is 0. The monoisotopic (exact) mass is 188 g/mol. The number of anilines is 1. The van der Waals surface area contributed by atoms with Crippen LogP contribution in [0.2, 0.25) is 0 Å². The van der Waals surface area contributed by atoms with Gasteiger partial charge in [0, 0.05) is 6.92 Å². The Morgan fingerprint density at radius 2 is 1.86 bits per heavy atom. The molecule has 0 saturated heterocycles. The van der Waals surface area contributed by atoms with Crippen molar-refractivity contribution in [3.05, 3.63) is 41.7 Å². The fourth-order valence-electron chi connectivity index (χ4n) is 1.42. The van der Waals surface area contributed by atoms with Crippen molar-refractivity contribution in [3.63, 3.8) is 0 Å². The molecule has 2 rings (SSSR count). The molecular weight excluding hydrogens is 174 g/mol. The first kappa shape index (κ1) is 8.81. The maximum atomic E-state index is 3.97. The molecule has 0 atom stereocenters. The molecule has 3 nitrogen and oxygen atoms in total. The maximum Gasteiger partial charge on any atom is 0.231 e. The van der Waals surface area contributed by atoms with Gasteiger partial charge in [-0.15, -0.1) is 0 Å². The first-order valence-electron chi connectivity index (χ1n) is 4.60. The summed E-state index contributed by atoms with van der Waals surface area (Å²) in [5, 5.41) is 1.92. The molecule has 14 heavy (non-hydrogen) atoms. The Labute approximate surface area is 83.9 Å². The molecule has 1 heterocycles. The zero-order valence-electron chi connectivity index (χ0n) is 8.49. The molecule has 0 fully saturated rings. The molecule has 0 aliphatic carbocycles. The Morgan fingerprint density at radius 1 is 1.21 bits per heavy atom. The van der Waals surface area contributed by atoms with E-state index in [9.17, 15) is 0 Å². The van der Waals surface area contributed by atoms with Crippen LogP contribution in [0.5, 0.6) is 0 Å². The van der Waals surface area contributed by atoms with Crippen LogP contribution in [0.1, 0.15) is 13.8 Å². The minimum Gasteiger partial charge on any atom is -0.243 e. The van der Waals surface area contributed by atoms with Gasteiger partial charge in [0.05, 0.1) is 0 Å². The lowest BCUT2D eigenvalue weighted by molar-refractivity contribution is -0.478. The van der Waals surface area contributed by atoms with E-state index in [4.69, 9.17) is 0 Å². The second kappa shape index (κ2) is 3.18. The smallest absolute Gasteiger partial charge is 0.231 e. The molecule has 0 saturated carbocycles. The number of hydrazine groups is 2. The van der Waals surface area contributed by atoms with E-state index in [2.05, 4.69) is 12.1 Å². The lowest BCUT2D eigenvalue weighted by atomic mass is 10.3. The highest BCUT2D eigenvalue weighted by molar-refractivity contribution is 5.45. The minimum absolute atomic E-state index is 1.08. The topological polar surface area (TPSA) is 18.3 Å². The number of rotatable bonds is 1. The summed E-state index contributed by atoms with van der Waals surface area (Å²) in [7, 11) is 0. The largest absolute Gasteiger partial charge is 0.243 e. The van der Waals surface area contributed by atoms with Gasteiger partial charge in [-0.2, -0.15) is 0 Å². The lowest BCUT2D eigenvalue weighted by Crippen LogP contribution is -2.36. The molecule has 1 aliphatic heterocycles. The van der Waals surface area contributed by atoms with E-state index in [-0.39, 0.29) is 0 Å². The van der Waals surface area contributed by atoms with E-state index in [0.29, 0.717) is 0 Å². The van der Waals surface area contributed by atoms with Crippen molar-refractivity contribution in [2.24, 2.45) is 0 Å². The van der Waals surface area contributed by atoms with Crippen LogP contribution in [0, 0.1) is 0 Å². The summed E-state index contributed by atoms with van der Waals surface area (Å²) in [5.74, 6) is 0.